The lowest BCUT2D eigenvalue weighted by atomic mass is 10.1. The molecule has 23 heavy (non-hydrogen) atoms. The van der Waals surface area contributed by atoms with Crippen molar-refractivity contribution >= 4 is 27.4 Å². The molecule has 0 unspecified atom stereocenters. The number of carbonyl (C=O) groups excluding carboxylic acids is 1. The average Bonchev–Trinajstić information content (AvgIpc) is 3.30. The molecule has 0 heterocycles. The lowest BCUT2D eigenvalue weighted by molar-refractivity contribution is 0.0527. The van der Waals surface area contributed by atoms with Crippen molar-refractivity contribution in [3.63, 3.8) is 0 Å². The van der Waals surface area contributed by atoms with Gasteiger partial charge in [0.25, 0.3) is 0 Å². The molecule has 2 rings (SSSR count). The second kappa shape index (κ2) is 7.65. The number of benzene rings is 1. The van der Waals surface area contributed by atoms with Gasteiger partial charge in [-0.2, -0.15) is 0 Å². The maximum absolute atomic E-state index is 12.1. The number of rotatable bonds is 9. The standard InChI is InChI=1S/C15H22N2O5S/c1-2-22-15(18)12-4-3-5-13(14(12)16)17-23(19,20)9-8-21-10-11-6-7-11/h3-5,11,17H,2,6-10,16H2,1H3. The lowest BCUT2D eigenvalue weighted by Crippen LogP contribution is -2.22. The molecule has 0 amide bonds. The van der Waals surface area contributed by atoms with Gasteiger partial charge in [0.15, 0.2) is 0 Å². The van der Waals surface area contributed by atoms with Gasteiger partial charge in [-0.25, -0.2) is 13.2 Å². The highest BCUT2D eigenvalue weighted by Gasteiger charge is 2.22. The molecule has 1 aromatic carbocycles. The molecule has 0 aromatic heterocycles. The van der Waals surface area contributed by atoms with Gasteiger partial charge in [-0.05, 0) is 37.8 Å². The predicted octanol–water partition coefficient (Wildman–Crippen LogP) is 1.61. The number of nitrogen functional groups attached to an aromatic ring is 1. The number of para-hydroxylation sites is 1. The first-order chi connectivity index (χ1) is 10.9. The Balaban J connectivity index is 1.97. The molecule has 1 saturated carbocycles. The highest BCUT2D eigenvalue weighted by atomic mass is 32.2. The summed E-state index contributed by atoms with van der Waals surface area (Å²) >= 11 is 0. The molecule has 1 aromatic rings. The van der Waals surface area contributed by atoms with Crippen LogP contribution in [-0.2, 0) is 19.5 Å². The normalized spacial score (nSPS) is 14.5. The first-order valence-corrected chi connectivity index (χ1v) is 9.22. The van der Waals surface area contributed by atoms with Crippen LogP contribution in [0.25, 0.3) is 0 Å². The predicted molar refractivity (Wildman–Crippen MR) is 87.8 cm³/mol. The van der Waals surface area contributed by atoms with E-state index in [1.807, 2.05) is 0 Å². The van der Waals surface area contributed by atoms with E-state index in [-0.39, 0.29) is 35.9 Å². The Morgan fingerprint density at radius 3 is 2.78 bits per heavy atom. The Labute approximate surface area is 136 Å². The van der Waals surface area contributed by atoms with Gasteiger partial charge in [0, 0.05) is 6.61 Å². The first-order valence-electron chi connectivity index (χ1n) is 7.56. The molecule has 1 fully saturated rings. The van der Waals surface area contributed by atoms with Crippen molar-refractivity contribution in [1.82, 2.24) is 0 Å². The Hall–Kier alpha value is -1.80. The maximum Gasteiger partial charge on any atom is 0.340 e. The Morgan fingerprint density at radius 2 is 2.13 bits per heavy atom. The summed E-state index contributed by atoms with van der Waals surface area (Å²) in [5, 5.41) is 0. The Morgan fingerprint density at radius 1 is 1.39 bits per heavy atom. The molecule has 1 aliphatic carbocycles. The van der Waals surface area contributed by atoms with Gasteiger partial charge in [-0.3, -0.25) is 4.72 Å². The van der Waals surface area contributed by atoms with Crippen molar-refractivity contribution in [2.75, 3.05) is 36.0 Å². The van der Waals surface area contributed by atoms with Crippen LogP contribution in [0, 0.1) is 5.92 Å². The summed E-state index contributed by atoms with van der Waals surface area (Å²) in [7, 11) is -3.60. The smallest absolute Gasteiger partial charge is 0.340 e. The zero-order valence-corrected chi connectivity index (χ0v) is 13.9. The van der Waals surface area contributed by atoms with Crippen LogP contribution in [0.1, 0.15) is 30.1 Å². The molecule has 0 atom stereocenters. The summed E-state index contributed by atoms with van der Waals surface area (Å²) in [6.45, 7) is 2.63. The van der Waals surface area contributed by atoms with Crippen LogP contribution in [0.15, 0.2) is 18.2 Å². The molecule has 0 aliphatic heterocycles. The van der Waals surface area contributed by atoms with Gasteiger partial charge in [-0.1, -0.05) is 6.07 Å². The maximum atomic E-state index is 12.1. The van der Waals surface area contributed by atoms with Gasteiger partial charge >= 0.3 is 5.97 Å². The van der Waals surface area contributed by atoms with Crippen LogP contribution in [0.3, 0.4) is 0 Å². The molecule has 0 saturated heterocycles. The van der Waals surface area contributed by atoms with Crippen LogP contribution in [0.5, 0.6) is 0 Å². The zero-order chi connectivity index (χ0) is 16.9. The van der Waals surface area contributed by atoms with Crippen LogP contribution >= 0.6 is 0 Å². The lowest BCUT2D eigenvalue weighted by Gasteiger charge is -2.13. The molecule has 0 bridgehead atoms. The third-order valence-corrected chi connectivity index (χ3v) is 4.65. The number of nitrogens with one attached hydrogen (secondary N) is 1. The second-order valence-electron chi connectivity index (χ2n) is 5.43. The summed E-state index contributed by atoms with van der Waals surface area (Å²) < 4.78 is 36.7. The monoisotopic (exact) mass is 342 g/mol. The van der Waals surface area contributed by atoms with Crippen molar-refractivity contribution in [2.45, 2.75) is 19.8 Å². The number of hydrogen-bond acceptors (Lipinski definition) is 6. The van der Waals surface area contributed by atoms with Gasteiger partial charge in [0.1, 0.15) is 0 Å². The summed E-state index contributed by atoms with van der Waals surface area (Å²) in [4.78, 5) is 11.8. The van der Waals surface area contributed by atoms with Crippen LogP contribution < -0.4 is 10.5 Å². The molecule has 0 spiro atoms. The molecule has 128 valence electrons. The fraction of sp³-hybridized carbons (Fsp3) is 0.533. The van der Waals surface area contributed by atoms with Gasteiger partial charge in [-0.15, -0.1) is 0 Å². The van der Waals surface area contributed by atoms with E-state index in [0.717, 1.165) is 12.8 Å². The quantitative estimate of drug-likeness (QED) is 0.401. The van der Waals surface area contributed by atoms with E-state index in [1.165, 1.54) is 12.1 Å². The third kappa shape index (κ3) is 5.40. The number of ether oxygens (including phenoxy) is 2. The molecule has 8 heteroatoms. The van der Waals surface area contributed by atoms with Crippen LogP contribution in [0.2, 0.25) is 0 Å². The molecular weight excluding hydrogens is 320 g/mol. The fourth-order valence-corrected chi connectivity index (χ4v) is 2.92. The summed E-state index contributed by atoms with van der Waals surface area (Å²) in [5.41, 5.74) is 6.22. The van der Waals surface area contributed by atoms with E-state index in [9.17, 15) is 13.2 Å². The van der Waals surface area contributed by atoms with E-state index in [0.29, 0.717) is 12.5 Å². The topological polar surface area (TPSA) is 108 Å². The minimum atomic E-state index is -3.60. The van der Waals surface area contributed by atoms with Crippen molar-refractivity contribution in [1.29, 1.82) is 0 Å². The average molecular weight is 342 g/mol. The van der Waals surface area contributed by atoms with Gasteiger partial charge in [0.2, 0.25) is 10.0 Å². The van der Waals surface area contributed by atoms with E-state index in [2.05, 4.69) is 4.72 Å². The molecule has 7 nitrogen and oxygen atoms in total. The number of carbonyl (C=O) groups is 1. The highest BCUT2D eigenvalue weighted by Crippen LogP contribution is 2.28. The molecule has 3 N–H and O–H groups in total. The number of sulfonamides is 1. The SMILES string of the molecule is CCOC(=O)c1cccc(NS(=O)(=O)CCOCC2CC2)c1N. The molecule has 1 aliphatic rings. The number of nitrogens with two attached hydrogens (primary N) is 1. The summed E-state index contributed by atoms with van der Waals surface area (Å²) in [6.07, 6.45) is 2.31. The molecule has 0 radical (unpaired) electrons. The van der Waals surface area contributed by atoms with Crippen molar-refractivity contribution in [3.05, 3.63) is 23.8 Å². The van der Waals surface area contributed by atoms with Crippen LogP contribution in [-0.4, -0.2) is 40.0 Å². The zero-order valence-electron chi connectivity index (χ0n) is 13.1. The Bertz CT molecular complexity index is 656. The summed E-state index contributed by atoms with van der Waals surface area (Å²) in [6, 6.07) is 4.54. The second-order valence-corrected chi connectivity index (χ2v) is 7.27. The number of anilines is 2. The van der Waals surface area contributed by atoms with E-state index in [1.54, 1.807) is 13.0 Å². The van der Waals surface area contributed by atoms with E-state index >= 15 is 0 Å². The minimum absolute atomic E-state index is 0.0495. The number of hydrogen-bond donors (Lipinski definition) is 2. The van der Waals surface area contributed by atoms with Crippen LogP contribution in [0.4, 0.5) is 11.4 Å². The minimum Gasteiger partial charge on any atom is -0.462 e. The third-order valence-electron chi connectivity index (χ3n) is 3.41. The fourth-order valence-electron chi connectivity index (χ4n) is 1.96. The van der Waals surface area contributed by atoms with Crippen molar-refractivity contribution < 1.29 is 22.7 Å². The van der Waals surface area contributed by atoms with E-state index < -0.39 is 16.0 Å². The number of esters is 1. The van der Waals surface area contributed by atoms with E-state index in [4.69, 9.17) is 15.2 Å². The summed E-state index contributed by atoms with van der Waals surface area (Å²) in [5.74, 6) is -0.163. The highest BCUT2D eigenvalue weighted by molar-refractivity contribution is 7.92. The van der Waals surface area contributed by atoms with Gasteiger partial charge < -0.3 is 15.2 Å². The van der Waals surface area contributed by atoms with Gasteiger partial charge in [0.05, 0.1) is 35.9 Å². The van der Waals surface area contributed by atoms with Crippen molar-refractivity contribution in [3.8, 4) is 0 Å². The largest absolute Gasteiger partial charge is 0.462 e. The Kier molecular flexibility index (Phi) is 5.84. The first kappa shape index (κ1) is 17.6. The van der Waals surface area contributed by atoms with Crippen molar-refractivity contribution in [2.24, 2.45) is 5.92 Å². The molecular formula is C15H22N2O5S.